The third kappa shape index (κ3) is 5.59. The van der Waals surface area contributed by atoms with Gasteiger partial charge in [-0.2, -0.15) is 0 Å². The fourth-order valence-electron chi connectivity index (χ4n) is 4.39. The summed E-state index contributed by atoms with van der Waals surface area (Å²) in [4.78, 5) is 1.53. The summed E-state index contributed by atoms with van der Waals surface area (Å²) in [6.07, 6.45) is 6.23. The molecule has 1 aliphatic rings. The van der Waals surface area contributed by atoms with Gasteiger partial charge in [0.15, 0.2) is 0 Å². The van der Waals surface area contributed by atoms with E-state index in [9.17, 15) is 5.11 Å². The first kappa shape index (κ1) is 20.9. The molecule has 2 N–H and O–H groups in total. The number of nitrogens with one attached hydrogen (secondary N) is 1. The largest absolute Gasteiger partial charge is 0.490 e. The highest BCUT2D eigenvalue weighted by Gasteiger charge is 2.25. The van der Waals surface area contributed by atoms with Crippen molar-refractivity contribution in [2.75, 3.05) is 19.7 Å². The lowest BCUT2D eigenvalue weighted by Gasteiger charge is -2.31. The van der Waals surface area contributed by atoms with Crippen LogP contribution in [0.1, 0.15) is 50.2 Å². The van der Waals surface area contributed by atoms with E-state index in [1.165, 1.54) is 53.7 Å². The van der Waals surface area contributed by atoms with Gasteiger partial charge < -0.3 is 14.7 Å². The van der Waals surface area contributed by atoms with Crippen LogP contribution in [0.25, 0.3) is 11.1 Å². The Morgan fingerprint density at radius 2 is 1.68 bits per heavy atom. The summed E-state index contributed by atoms with van der Waals surface area (Å²) in [5.74, 6) is 0.866. The number of quaternary nitrogens is 1. The second kappa shape index (κ2) is 10.1. The molecule has 0 spiro atoms. The average molecular weight is 383 g/mol. The molecule has 0 heterocycles. The van der Waals surface area contributed by atoms with E-state index in [0.717, 1.165) is 24.4 Å². The van der Waals surface area contributed by atoms with Crippen LogP contribution in [0.3, 0.4) is 0 Å². The van der Waals surface area contributed by atoms with Gasteiger partial charge in [-0.1, -0.05) is 42.3 Å². The van der Waals surface area contributed by atoms with E-state index < -0.39 is 6.10 Å². The molecular weight excluding hydrogens is 346 g/mol. The monoisotopic (exact) mass is 382 g/mol. The zero-order chi connectivity index (χ0) is 19.9. The lowest BCUT2D eigenvalue weighted by atomic mass is 9.94. The minimum absolute atomic E-state index is 0.362. The number of aliphatic hydroxyl groups is 1. The van der Waals surface area contributed by atoms with Gasteiger partial charge in [-0.3, -0.25) is 0 Å². The molecule has 3 rings (SSSR count). The van der Waals surface area contributed by atoms with Gasteiger partial charge in [-0.05, 0) is 75.3 Å². The molecule has 0 amide bonds. The third-order valence-electron chi connectivity index (χ3n) is 6.13. The van der Waals surface area contributed by atoms with Crippen LogP contribution in [0.4, 0.5) is 0 Å². The third-order valence-corrected chi connectivity index (χ3v) is 6.13. The fraction of sp³-hybridized carbons (Fsp3) is 0.520. The topological polar surface area (TPSA) is 33.9 Å². The molecule has 1 aliphatic carbocycles. The number of benzene rings is 2. The van der Waals surface area contributed by atoms with Gasteiger partial charge in [-0.25, -0.2) is 0 Å². The van der Waals surface area contributed by atoms with Crippen molar-refractivity contribution in [3.63, 3.8) is 0 Å². The number of rotatable bonds is 8. The van der Waals surface area contributed by atoms with Gasteiger partial charge in [0.1, 0.15) is 25.0 Å². The summed E-state index contributed by atoms with van der Waals surface area (Å²) < 4.78 is 5.98. The Balaban J connectivity index is 1.55. The maximum Gasteiger partial charge on any atom is 0.137 e. The van der Waals surface area contributed by atoms with Crippen LogP contribution in [0.5, 0.6) is 5.75 Å². The number of likely N-dealkylation sites (N-methyl/N-ethyl adjacent to an activating group) is 1. The molecule has 28 heavy (non-hydrogen) atoms. The second-order valence-electron chi connectivity index (χ2n) is 8.36. The summed E-state index contributed by atoms with van der Waals surface area (Å²) in [6, 6.07) is 15.6. The Kier molecular flexibility index (Phi) is 7.52. The highest BCUT2D eigenvalue weighted by Crippen LogP contribution is 2.26. The van der Waals surface area contributed by atoms with Crippen LogP contribution in [0, 0.1) is 13.8 Å². The predicted octanol–water partition coefficient (Wildman–Crippen LogP) is 3.95. The van der Waals surface area contributed by atoms with Gasteiger partial charge in [-0.15, -0.1) is 0 Å². The number of ether oxygens (including phenoxy) is 1. The van der Waals surface area contributed by atoms with E-state index in [2.05, 4.69) is 57.2 Å². The zero-order valence-electron chi connectivity index (χ0n) is 17.7. The first-order chi connectivity index (χ1) is 13.6. The normalized spacial score (nSPS) is 17.3. The molecule has 0 aliphatic heterocycles. The molecule has 3 heteroatoms. The molecule has 0 saturated heterocycles. The molecule has 2 atom stereocenters. The summed E-state index contributed by atoms with van der Waals surface area (Å²) in [7, 11) is 0. The minimum Gasteiger partial charge on any atom is -0.490 e. The Hall–Kier alpha value is -1.84. The highest BCUT2D eigenvalue weighted by atomic mass is 16.5. The van der Waals surface area contributed by atoms with Crippen LogP contribution in [-0.4, -0.2) is 36.9 Å². The van der Waals surface area contributed by atoms with Crippen LogP contribution in [0.2, 0.25) is 0 Å². The van der Waals surface area contributed by atoms with Crippen molar-refractivity contribution in [3.05, 3.63) is 53.6 Å². The smallest absolute Gasteiger partial charge is 0.137 e. The fourth-order valence-corrected chi connectivity index (χ4v) is 4.39. The Morgan fingerprint density at radius 3 is 2.32 bits per heavy atom. The lowest BCUT2D eigenvalue weighted by Crippen LogP contribution is -3.16. The first-order valence-corrected chi connectivity index (χ1v) is 10.9. The maximum absolute atomic E-state index is 10.5. The lowest BCUT2D eigenvalue weighted by molar-refractivity contribution is -0.928. The number of aryl methyl sites for hydroxylation is 2. The molecule has 0 radical (unpaired) electrons. The summed E-state index contributed by atoms with van der Waals surface area (Å²) >= 11 is 0. The molecule has 2 aromatic rings. The minimum atomic E-state index is -0.423. The van der Waals surface area contributed by atoms with Crippen molar-refractivity contribution in [2.45, 2.75) is 65.0 Å². The van der Waals surface area contributed by atoms with Crippen LogP contribution < -0.4 is 9.64 Å². The van der Waals surface area contributed by atoms with Gasteiger partial charge in [0.05, 0.1) is 12.6 Å². The molecule has 3 nitrogen and oxygen atoms in total. The molecule has 2 aromatic carbocycles. The Labute approximate surface area is 170 Å². The van der Waals surface area contributed by atoms with Crippen LogP contribution in [-0.2, 0) is 0 Å². The molecule has 0 aromatic heterocycles. The molecule has 1 fully saturated rings. The zero-order valence-corrected chi connectivity index (χ0v) is 17.7. The van der Waals surface area contributed by atoms with Crippen molar-refractivity contribution in [1.82, 2.24) is 0 Å². The second-order valence-corrected chi connectivity index (χ2v) is 8.36. The van der Waals surface area contributed by atoms with Crippen molar-refractivity contribution in [3.8, 4) is 16.9 Å². The Bertz CT molecular complexity index is 735. The van der Waals surface area contributed by atoms with Crippen molar-refractivity contribution < 1.29 is 14.7 Å². The molecule has 1 saturated carbocycles. The molecule has 0 bridgehead atoms. The van der Waals surface area contributed by atoms with E-state index in [4.69, 9.17) is 4.74 Å². The van der Waals surface area contributed by atoms with Crippen LogP contribution >= 0.6 is 0 Å². The van der Waals surface area contributed by atoms with E-state index in [0.29, 0.717) is 12.6 Å². The summed E-state index contributed by atoms with van der Waals surface area (Å²) in [5.41, 5.74) is 4.79. The first-order valence-electron chi connectivity index (χ1n) is 10.9. The summed E-state index contributed by atoms with van der Waals surface area (Å²) in [5, 5.41) is 10.5. The molecule has 1 unspecified atom stereocenters. The van der Waals surface area contributed by atoms with Gasteiger partial charge in [0.2, 0.25) is 0 Å². The SMILES string of the molecule is CC[NH+](C[C@@H](O)COc1ccc(-c2ccc(C)cc2)cc1C)C1CCCCC1. The average Bonchev–Trinajstić information content (AvgIpc) is 2.72. The summed E-state index contributed by atoms with van der Waals surface area (Å²) in [6.45, 7) is 8.62. The van der Waals surface area contributed by atoms with Crippen molar-refractivity contribution in [1.29, 1.82) is 0 Å². The molecule has 152 valence electrons. The van der Waals surface area contributed by atoms with E-state index in [-0.39, 0.29) is 0 Å². The number of hydrogen-bond donors (Lipinski definition) is 2. The van der Waals surface area contributed by atoms with Gasteiger partial charge in [0.25, 0.3) is 0 Å². The van der Waals surface area contributed by atoms with Crippen molar-refractivity contribution >= 4 is 0 Å². The van der Waals surface area contributed by atoms with Crippen LogP contribution in [0.15, 0.2) is 42.5 Å². The maximum atomic E-state index is 10.5. The number of aliphatic hydroxyl groups excluding tert-OH is 1. The van der Waals surface area contributed by atoms with E-state index in [1.54, 1.807) is 0 Å². The van der Waals surface area contributed by atoms with E-state index >= 15 is 0 Å². The van der Waals surface area contributed by atoms with E-state index in [1.807, 2.05) is 6.07 Å². The Morgan fingerprint density at radius 1 is 1.00 bits per heavy atom. The standard InChI is InChI=1S/C25H35NO2/c1-4-26(23-8-6-5-7-9-23)17-24(27)18-28-25-15-14-22(16-20(25)3)21-12-10-19(2)11-13-21/h10-16,23-24,27H,4-9,17-18H2,1-3H3/p+1/t24-/m1/s1. The van der Waals surface area contributed by atoms with Gasteiger partial charge >= 0.3 is 0 Å². The highest BCUT2D eigenvalue weighted by molar-refractivity contribution is 5.65. The van der Waals surface area contributed by atoms with Crippen molar-refractivity contribution in [2.24, 2.45) is 0 Å². The quantitative estimate of drug-likeness (QED) is 0.725. The van der Waals surface area contributed by atoms with Gasteiger partial charge in [0, 0.05) is 0 Å². The molecular formula is C25H36NO2+. The number of hydrogen-bond acceptors (Lipinski definition) is 2. The predicted molar refractivity (Wildman–Crippen MR) is 116 cm³/mol.